The highest BCUT2D eigenvalue weighted by molar-refractivity contribution is 6.10. The van der Waals surface area contributed by atoms with Gasteiger partial charge in [-0.3, -0.25) is 14.4 Å². The Labute approximate surface area is 197 Å². The van der Waals surface area contributed by atoms with Gasteiger partial charge in [0.1, 0.15) is 5.82 Å². The van der Waals surface area contributed by atoms with E-state index in [-0.39, 0.29) is 22.9 Å². The van der Waals surface area contributed by atoms with E-state index in [1.54, 1.807) is 12.1 Å². The molecule has 0 unspecified atom stereocenters. The molecule has 1 atom stereocenters. The number of nitrogens with one attached hydrogen (secondary N) is 3. The number of rotatable bonds is 4. The zero-order valence-corrected chi connectivity index (χ0v) is 18.5. The quantitative estimate of drug-likeness (QED) is 0.472. The summed E-state index contributed by atoms with van der Waals surface area (Å²) in [7, 11) is 1.38. The summed E-state index contributed by atoms with van der Waals surface area (Å²) in [6.45, 7) is 1.84. The summed E-state index contributed by atoms with van der Waals surface area (Å²) in [6.07, 6.45) is -4.86. The highest BCUT2D eigenvalue weighted by Crippen LogP contribution is 2.39. The van der Waals surface area contributed by atoms with E-state index >= 15 is 0 Å². The third-order valence-electron chi connectivity index (χ3n) is 5.71. The fourth-order valence-electron chi connectivity index (χ4n) is 4.03. The number of hydrogen-bond acceptors (Lipinski definition) is 3. The average molecular weight is 485 g/mol. The third kappa shape index (κ3) is 4.59. The van der Waals surface area contributed by atoms with E-state index in [1.165, 1.54) is 19.2 Å². The molecule has 0 radical (unpaired) electrons. The molecule has 180 valence electrons. The molecule has 0 aliphatic carbocycles. The Bertz CT molecular complexity index is 1370. The molecule has 3 aromatic carbocycles. The van der Waals surface area contributed by atoms with E-state index in [2.05, 4.69) is 16.0 Å². The molecule has 3 N–H and O–H groups in total. The van der Waals surface area contributed by atoms with Crippen LogP contribution in [0.1, 0.15) is 59.4 Å². The summed E-state index contributed by atoms with van der Waals surface area (Å²) in [4.78, 5) is 38.0. The van der Waals surface area contributed by atoms with Crippen LogP contribution >= 0.6 is 0 Å². The van der Waals surface area contributed by atoms with E-state index in [1.807, 2.05) is 19.1 Å². The van der Waals surface area contributed by atoms with Crippen LogP contribution in [0.4, 0.5) is 23.2 Å². The lowest BCUT2D eigenvalue weighted by Gasteiger charge is -2.19. The summed E-state index contributed by atoms with van der Waals surface area (Å²) >= 11 is 0. The van der Waals surface area contributed by atoms with Gasteiger partial charge in [-0.2, -0.15) is 13.2 Å². The zero-order valence-electron chi connectivity index (χ0n) is 18.5. The lowest BCUT2D eigenvalue weighted by molar-refractivity contribution is -0.137. The molecule has 3 amide bonds. The first-order valence-corrected chi connectivity index (χ1v) is 10.4. The van der Waals surface area contributed by atoms with Crippen LogP contribution in [0.15, 0.2) is 54.6 Å². The summed E-state index contributed by atoms with van der Waals surface area (Å²) in [6, 6.07) is 10.7. The summed E-state index contributed by atoms with van der Waals surface area (Å²) in [5.41, 5.74) is 0.254. The molecule has 0 aromatic heterocycles. The number of hydrogen-bond donors (Lipinski definition) is 3. The lowest BCUT2D eigenvalue weighted by atomic mass is 9.92. The highest BCUT2D eigenvalue weighted by Gasteiger charge is 2.35. The van der Waals surface area contributed by atoms with Crippen molar-refractivity contribution in [3.05, 3.63) is 99.4 Å². The van der Waals surface area contributed by atoms with Crippen LogP contribution in [0.2, 0.25) is 0 Å². The minimum Gasteiger partial charge on any atom is -0.355 e. The van der Waals surface area contributed by atoms with Gasteiger partial charge in [0.15, 0.2) is 0 Å². The molecule has 0 saturated carbocycles. The van der Waals surface area contributed by atoms with Crippen molar-refractivity contribution in [2.24, 2.45) is 0 Å². The SMILES string of the molecule is CNC(=O)c1cc(NC(=O)c2cc(F)cc(C(F)(F)F)c2)c2c(c1)C(=O)N[C@H]2c1ccccc1C. The van der Waals surface area contributed by atoms with Crippen LogP contribution in [-0.2, 0) is 6.18 Å². The second-order valence-electron chi connectivity index (χ2n) is 8.01. The maximum absolute atomic E-state index is 13.9. The Morgan fingerprint density at radius 1 is 0.971 bits per heavy atom. The Morgan fingerprint density at radius 3 is 2.31 bits per heavy atom. The number of carbonyl (C=O) groups excluding carboxylic acids is 3. The maximum atomic E-state index is 13.9. The van der Waals surface area contributed by atoms with E-state index in [0.717, 1.165) is 11.1 Å². The van der Waals surface area contributed by atoms with Crippen LogP contribution in [-0.4, -0.2) is 24.8 Å². The molecule has 6 nitrogen and oxygen atoms in total. The Balaban J connectivity index is 1.84. The highest BCUT2D eigenvalue weighted by atomic mass is 19.4. The van der Waals surface area contributed by atoms with Gasteiger partial charge in [0.25, 0.3) is 17.7 Å². The number of anilines is 1. The minimum atomic E-state index is -4.86. The van der Waals surface area contributed by atoms with Gasteiger partial charge in [0.2, 0.25) is 0 Å². The smallest absolute Gasteiger partial charge is 0.355 e. The van der Waals surface area contributed by atoms with Crippen molar-refractivity contribution < 1.29 is 31.9 Å². The van der Waals surface area contributed by atoms with Gasteiger partial charge in [-0.1, -0.05) is 24.3 Å². The van der Waals surface area contributed by atoms with Crippen molar-refractivity contribution in [3.8, 4) is 0 Å². The molecule has 10 heteroatoms. The summed E-state index contributed by atoms with van der Waals surface area (Å²) in [5.74, 6) is -3.29. The van der Waals surface area contributed by atoms with Crippen molar-refractivity contribution in [3.63, 3.8) is 0 Å². The van der Waals surface area contributed by atoms with E-state index in [4.69, 9.17) is 0 Å². The van der Waals surface area contributed by atoms with E-state index in [0.29, 0.717) is 17.7 Å². The molecule has 0 fully saturated rings. The first kappa shape index (κ1) is 23.9. The number of benzene rings is 3. The molecule has 1 aliphatic rings. The van der Waals surface area contributed by atoms with Gasteiger partial charge in [-0.25, -0.2) is 4.39 Å². The van der Waals surface area contributed by atoms with Crippen LogP contribution in [0.5, 0.6) is 0 Å². The Morgan fingerprint density at radius 2 is 1.66 bits per heavy atom. The fourth-order valence-corrected chi connectivity index (χ4v) is 4.03. The van der Waals surface area contributed by atoms with Gasteiger partial charge >= 0.3 is 6.18 Å². The molecule has 1 aliphatic heterocycles. The Kier molecular flexibility index (Phi) is 6.06. The molecule has 0 saturated heterocycles. The van der Waals surface area contributed by atoms with Gasteiger partial charge in [-0.15, -0.1) is 0 Å². The molecular formula is C25H19F4N3O3. The van der Waals surface area contributed by atoms with Crippen LogP contribution < -0.4 is 16.0 Å². The van der Waals surface area contributed by atoms with Crippen molar-refractivity contribution in [2.45, 2.75) is 19.1 Å². The normalized spacial score (nSPS) is 14.8. The molecule has 0 spiro atoms. The predicted octanol–water partition coefficient (Wildman–Crippen LogP) is 4.60. The van der Waals surface area contributed by atoms with Gasteiger partial charge < -0.3 is 16.0 Å². The molecular weight excluding hydrogens is 466 g/mol. The number of alkyl halides is 3. The predicted molar refractivity (Wildman–Crippen MR) is 120 cm³/mol. The van der Waals surface area contributed by atoms with Gasteiger partial charge in [0, 0.05) is 35.0 Å². The lowest BCUT2D eigenvalue weighted by Crippen LogP contribution is -2.21. The number of carbonyl (C=O) groups is 3. The molecule has 35 heavy (non-hydrogen) atoms. The van der Waals surface area contributed by atoms with Crippen LogP contribution in [0.25, 0.3) is 0 Å². The van der Waals surface area contributed by atoms with E-state index in [9.17, 15) is 31.9 Å². The first-order chi connectivity index (χ1) is 16.5. The standard InChI is InChI=1S/C25H19F4N3O3/c1-12-5-3-4-6-17(12)21-20-18(24(35)32-21)9-14(22(33)30-2)10-19(20)31-23(34)13-7-15(25(27,28)29)11-16(26)8-13/h3-11,21H,1-2H3,(H,30,33)(H,31,34)(H,32,35)/t21-/m0/s1. The zero-order chi connectivity index (χ0) is 25.5. The first-order valence-electron chi connectivity index (χ1n) is 10.4. The van der Waals surface area contributed by atoms with Crippen LogP contribution in [0.3, 0.4) is 0 Å². The topological polar surface area (TPSA) is 87.3 Å². The third-order valence-corrected chi connectivity index (χ3v) is 5.71. The molecule has 1 heterocycles. The van der Waals surface area contributed by atoms with Crippen molar-refractivity contribution in [2.75, 3.05) is 12.4 Å². The number of aryl methyl sites for hydroxylation is 1. The largest absolute Gasteiger partial charge is 0.416 e. The number of amides is 3. The maximum Gasteiger partial charge on any atom is 0.416 e. The Hall–Kier alpha value is -4.21. The van der Waals surface area contributed by atoms with Crippen molar-refractivity contribution >= 4 is 23.4 Å². The minimum absolute atomic E-state index is 0.0375. The summed E-state index contributed by atoms with van der Waals surface area (Å²) in [5, 5.41) is 7.72. The second-order valence-corrected chi connectivity index (χ2v) is 8.01. The van der Waals surface area contributed by atoms with Gasteiger partial charge in [0.05, 0.1) is 11.6 Å². The van der Waals surface area contributed by atoms with E-state index < -0.39 is 46.9 Å². The van der Waals surface area contributed by atoms with Crippen molar-refractivity contribution in [1.82, 2.24) is 10.6 Å². The van der Waals surface area contributed by atoms with Crippen molar-refractivity contribution in [1.29, 1.82) is 0 Å². The molecule has 0 bridgehead atoms. The summed E-state index contributed by atoms with van der Waals surface area (Å²) < 4.78 is 53.3. The van der Waals surface area contributed by atoms with Crippen LogP contribution in [0, 0.1) is 12.7 Å². The number of fused-ring (bicyclic) bond motifs is 1. The second kappa shape index (κ2) is 8.86. The number of halogens is 4. The molecule has 4 rings (SSSR count). The molecule has 3 aromatic rings. The monoisotopic (exact) mass is 485 g/mol. The fraction of sp³-hybridized carbons (Fsp3) is 0.160. The van der Waals surface area contributed by atoms with Gasteiger partial charge in [-0.05, 0) is 48.4 Å². The average Bonchev–Trinajstić information content (AvgIpc) is 3.14.